The third kappa shape index (κ3) is 2.11. The number of hydrogen-bond donors (Lipinski definition) is 2. The van der Waals surface area contributed by atoms with E-state index in [-0.39, 0.29) is 5.56 Å². The Bertz CT molecular complexity index is 622. The van der Waals surface area contributed by atoms with Gasteiger partial charge in [0.1, 0.15) is 0 Å². The van der Waals surface area contributed by atoms with Gasteiger partial charge in [0, 0.05) is 11.3 Å². The zero-order chi connectivity index (χ0) is 13.3. The lowest BCUT2D eigenvalue weighted by atomic mass is 10.1. The number of benzene rings is 1. The van der Waals surface area contributed by atoms with Gasteiger partial charge in [0.2, 0.25) is 0 Å². The van der Waals surface area contributed by atoms with Gasteiger partial charge in [-0.3, -0.25) is 14.6 Å². The van der Waals surface area contributed by atoms with Crippen molar-refractivity contribution in [2.75, 3.05) is 6.54 Å². The first-order valence-corrected chi connectivity index (χ1v) is 6.12. The topological polar surface area (TPSA) is 63.8 Å². The highest BCUT2D eigenvalue weighted by atomic mass is 16.1. The fourth-order valence-electron chi connectivity index (χ4n) is 2.11. The number of H-pyrrole nitrogens is 1. The fourth-order valence-corrected chi connectivity index (χ4v) is 2.11. The fraction of sp³-hybridized carbons (Fsp3) is 0.357. The average Bonchev–Trinajstić information content (AvgIpc) is 2.61. The Morgan fingerprint density at radius 2 is 1.94 bits per heavy atom. The largest absolute Gasteiger partial charge is 0.330 e. The van der Waals surface area contributed by atoms with Crippen molar-refractivity contribution in [1.82, 2.24) is 9.78 Å². The standard InChI is InChI=1S/C14H19N3O/c1-9-4-5-12(8-10(9)2)17-11(3)13(6-7-15)14(18)16-17/h4-5,8H,6-7,15H2,1-3H3,(H,16,18). The van der Waals surface area contributed by atoms with E-state index in [1.54, 1.807) is 0 Å². The first-order valence-electron chi connectivity index (χ1n) is 6.12. The molecule has 1 aromatic heterocycles. The van der Waals surface area contributed by atoms with Crippen molar-refractivity contribution >= 4 is 0 Å². The van der Waals surface area contributed by atoms with Gasteiger partial charge in [-0.25, -0.2) is 0 Å². The van der Waals surface area contributed by atoms with Crippen LogP contribution in [0, 0.1) is 20.8 Å². The summed E-state index contributed by atoms with van der Waals surface area (Å²) in [6.07, 6.45) is 0.610. The molecule has 0 bridgehead atoms. The van der Waals surface area contributed by atoms with Gasteiger partial charge < -0.3 is 5.73 Å². The molecular weight excluding hydrogens is 226 g/mol. The van der Waals surface area contributed by atoms with Crippen LogP contribution in [0.5, 0.6) is 0 Å². The van der Waals surface area contributed by atoms with E-state index in [1.807, 2.05) is 17.7 Å². The van der Waals surface area contributed by atoms with E-state index in [9.17, 15) is 4.79 Å². The van der Waals surface area contributed by atoms with Crippen molar-refractivity contribution in [3.63, 3.8) is 0 Å². The van der Waals surface area contributed by atoms with Gasteiger partial charge in [0.15, 0.2) is 0 Å². The summed E-state index contributed by atoms with van der Waals surface area (Å²) >= 11 is 0. The van der Waals surface area contributed by atoms with Gasteiger partial charge in [-0.15, -0.1) is 0 Å². The van der Waals surface area contributed by atoms with E-state index in [0.717, 1.165) is 16.9 Å². The first-order chi connectivity index (χ1) is 8.54. The number of nitrogens with one attached hydrogen (secondary N) is 1. The summed E-state index contributed by atoms with van der Waals surface area (Å²) in [5.74, 6) is 0. The summed E-state index contributed by atoms with van der Waals surface area (Å²) in [6, 6.07) is 6.15. The SMILES string of the molecule is Cc1ccc(-n2[nH]c(=O)c(CCN)c2C)cc1C. The zero-order valence-electron chi connectivity index (χ0n) is 11.1. The van der Waals surface area contributed by atoms with Gasteiger partial charge in [-0.05, 0) is 57.0 Å². The quantitative estimate of drug-likeness (QED) is 0.862. The molecule has 0 aliphatic rings. The number of rotatable bonds is 3. The van der Waals surface area contributed by atoms with Crippen LogP contribution in [0.25, 0.3) is 5.69 Å². The second-order valence-corrected chi connectivity index (χ2v) is 4.65. The van der Waals surface area contributed by atoms with Crippen LogP contribution in [0.15, 0.2) is 23.0 Å². The summed E-state index contributed by atoms with van der Waals surface area (Å²) in [4.78, 5) is 11.8. The minimum Gasteiger partial charge on any atom is -0.330 e. The summed E-state index contributed by atoms with van der Waals surface area (Å²) in [5.41, 5.74) is 10.6. The maximum atomic E-state index is 11.8. The maximum Gasteiger partial charge on any atom is 0.267 e. The first kappa shape index (κ1) is 12.6. The second kappa shape index (κ2) is 4.82. The molecule has 0 aliphatic carbocycles. The van der Waals surface area contributed by atoms with Crippen molar-refractivity contribution in [3.05, 3.63) is 50.9 Å². The summed E-state index contributed by atoms with van der Waals surface area (Å²) < 4.78 is 1.83. The van der Waals surface area contributed by atoms with E-state index in [2.05, 4.69) is 31.1 Å². The Kier molecular flexibility index (Phi) is 3.39. The molecule has 0 atom stereocenters. The van der Waals surface area contributed by atoms with E-state index >= 15 is 0 Å². The molecule has 0 unspecified atom stereocenters. The Morgan fingerprint density at radius 1 is 1.22 bits per heavy atom. The van der Waals surface area contributed by atoms with Crippen molar-refractivity contribution in [3.8, 4) is 5.69 Å². The molecule has 0 saturated carbocycles. The lowest BCUT2D eigenvalue weighted by molar-refractivity contribution is 0.831. The number of nitrogens with zero attached hydrogens (tertiary/aromatic N) is 1. The average molecular weight is 245 g/mol. The zero-order valence-corrected chi connectivity index (χ0v) is 11.1. The number of aromatic amines is 1. The highest BCUT2D eigenvalue weighted by Crippen LogP contribution is 2.15. The molecule has 0 saturated heterocycles. The number of aromatic nitrogens is 2. The highest BCUT2D eigenvalue weighted by Gasteiger charge is 2.11. The lowest BCUT2D eigenvalue weighted by Gasteiger charge is -2.08. The predicted molar refractivity (Wildman–Crippen MR) is 73.4 cm³/mol. The van der Waals surface area contributed by atoms with E-state index < -0.39 is 0 Å². The van der Waals surface area contributed by atoms with Crippen molar-refractivity contribution in [1.29, 1.82) is 0 Å². The van der Waals surface area contributed by atoms with Crippen LogP contribution >= 0.6 is 0 Å². The van der Waals surface area contributed by atoms with Crippen molar-refractivity contribution in [2.24, 2.45) is 5.73 Å². The van der Waals surface area contributed by atoms with Crippen LogP contribution in [0.3, 0.4) is 0 Å². The molecule has 0 radical (unpaired) electrons. The van der Waals surface area contributed by atoms with Gasteiger partial charge in [-0.2, -0.15) is 0 Å². The second-order valence-electron chi connectivity index (χ2n) is 4.65. The third-order valence-electron chi connectivity index (χ3n) is 3.40. The normalized spacial score (nSPS) is 10.9. The highest BCUT2D eigenvalue weighted by molar-refractivity contribution is 5.41. The molecule has 0 spiro atoms. The molecule has 2 aromatic rings. The number of aryl methyl sites for hydroxylation is 2. The summed E-state index contributed by atoms with van der Waals surface area (Å²) in [5, 5.41) is 2.87. The van der Waals surface area contributed by atoms with Crippen molar-refractivity contribution in [2.45, 2.75) is 27.2 Å². The molecule has 0 aliphatic heterocycles. The Balaban J connectivity index is 2.54. The smallest absolute Gasteiger partial charge is 0.267 e. The summed E-state index contributed by atoms with van der Waals surface area (Å²) in [7, 11) is 0. The summed E-state index contributed by atoms with van der Waals surface area (Å²) in [6.45, 7) is 6.57. The van der Waals surface area contributed by atoms with Crippen LogP contribution in [0.4, 0.5) is 0 Å². The third-order valence-corrected chi connectivity index (χ3v) is 3.40. The van der Waals surface area contributed by atoms with Crippen LogP contribution in [-0.4, -0.2) is 16.3 Å². The van der Waals surface area contributed by atoms with Crippen molar-refractivity contribution < 1.29 is 0 Å². The van der Waals surface area contributed by atoms with E-state index in [4.69, 9.17) is 5.73 Å². The van der Waals surface area contributed by atoms with Gasteiger partial charge in [0.25, 0.3) is 5.56 Å². The Labute approximate surface area is 106 Å². The van der Waals surface area contributed by atoms with Gasteiger partial charge in [0.05, 0.1) is 5.69 Å². The Hall–Kier alpha value is -1.81. The van der Waals surface area contributed by atoms with E-state index in [1.165, 1.54) is 11.1 Å². The van der Waals surface area contributed by atoms with Crippen LogP contribution < -0.4 is 11.3 Å². The molecule has 4 heteroatoms. The molecule has 18 heavy (non-hydrogen) atoms. The van der Waals surface area contributed by atoms with Gasteiger partial charge >= 0.3 is 0 Å². The minimum absolute atomic E-state index is 0.0452. The molecule has 0 amide bonds. The van der Waals surface area contributed by atoms with Crippen LogP contribution in [-0.2, 0) is 6.42 Å². The molecule has 96 valence electrons. The van der Waals surface area contributed by atoms with Crippen LogP contribution in [0.2, 0.25) is 0 Å². The molecular formula is C14H19N3O. The van der Waals surface area contributed by atoms with Gasteiger partial charge in [-0.1, -0.05) is 6.07 Å². The number of nitrogens with two attached hydrogens (primary N) is 1. The predicted octanol–water partition coefficient (Wildman–Crippen LogP) is 1.59. The van der Waals surface area contributed by atoms with E-state index in [0.29, 0.717) is 13.0 Å². The van der Waals surface area contributed by atoms with Crippen LogP contribution in [0.1, 0.15) is 22.4 Å². The monoisotopic (exact) mass is 245 g/mol. The molecule has 0 fully saturated rings. The minimum atomic E-state index is -0.0452. The molecule has 2 rings (SSSR count). The Morgan fingerprint density at radius 3 is 2.56 bits per heavy atom. The lowest BCUT2D eigenvalue weighted by Crippen LogP contribution is -2.12. The molecule has 4 nitrogen and oxygen atoms in total. The number of hydrogen-bond acceptors (Lipinski definition) is 2. The maximum absolute atomic E-state index is 11.8. The molecule has 1 heterocycles. The molecule has 1 aromatic carbocycles. The molecule has 3 N–H and O–H groups in total.